The van der Waals surface area contributed by atoms with Crippen molar-refractivity contribution < 1.29 is 65.9 Å². The van der Waals surface area contributed by atoms with Crippen LogP contribution in [0.3, 0.4) is 0 Å². The molecule has 0 spiro atoms. The molecular weight excluding hydrogens is 1270 g/mol. The Morgan fingerprint density at radius 2 is 0.635 bits per heavy atom. The monoisotopic (exact) mass is 1310 g/mol. The van der Waals surface area contributed by atoms with Gasteiger partial charge in [0.05, 0.1) is 68.8 Å². The molecule has 2 heterocycles. The summed E-state index contributed by atoms with van der Waals surface area (Å²) in [7, 11) is 0. The fourth-order valence-corrected chi connectivity index (χ4v) is 13.0. The van der Waals surface area contributed by atoms with Crippen LogP contribution >= 0.6 is 0 Å². The Morgan fingerprint density at radius 3 is 1.03 bits per heavy atom. The third-order valence-electron chi connectivity index (χ3n) is 17.5. The predicted octanol–water partition coefficient (Wildman–Crippen LogP) is 25.3. The highest BCUT2D eigenvalue weighted by Gasteiger charge is 2.37. The van der Waals surface area contributed by atoms with Gasteiger partial charge in [-0.3, -0.25) is 0 Å². The van der Waals surface area contributed by atoms with E-state index in [2.05, 4.69) is 9.69 Å². The lowest BCUT2D eigenvalue weighted by atomic mass is 9.93. The topological polar surface area (TPSA) is 18.6 Å². The first kappa shape index (κ1) is 63.7. The number of halogens is 15. The van der Waals surface area contributed by atoms with Crippen molar-refractivity contribution in [3.05, 3.63) is 273 Å². The Hall–Kier alpha value is -11.1. The minimum atomic E-state index is -4.81. The van der Waals surface area contributed by atoms with Gasteiger partial charge in [-0.2, -0.15) is 65.9 Å². The molecule has 13 aromatic rings. The molecular formula is C77H45F15N4. The average molecular weight is 1310 g/mol. The van der Waals surface area contributed by atoms with Gasteiger partial charge in [0.15, 0.2) is 11.4 Å². The molecule has 0 N–H and O–H groups in total. The van der Waals surface area contributed by atoms with Crippen LogP contribution in [0.25, 0.3) is 131 Å². The van der Waals surface area contributed by atoms with E-state index in [0.717, 1.165) is 54.6 Å². The van der Waals surface area contributed by atoms with Gasteiger partial charge < -0.3 is 9.13 Å². The molecule has 0 saturated carbocycles. The normalized spacial score (nSPS) is 12.5. The number of benzene rings is 11. The maximum absolute atomic E-state index is 15.0. The van der Waals surface area contributed by atoms with E-state index in [4.69, 9.17) is 13.1 Å². The van der Waals surface area contributed by atoms with Gasteiger partial charge in [-0.05, 0) is 209 Å². The van der Waals surface area contributed by atoms with E-state index in [9.17, 15) is 52.7 Å². The minimum Gasteiger partial charge on any atom is -0.309 e. The van der Waals surface area contributed by atoms with Crippen LogP contribution in [0.1, 0.15) is 50.1 Å². The molecule has 13 rings (SSSR count). The number of alkyl halides is 15. The lowest BCUT2D eigenvalue weighted by Gasteiger charge is -2.21. The molecule has 0 amide bonds. The van der Waals surface area contributed by atoms with Gasteiger partial charge in [0.25, 0.3) is 0 Å². The van der Waals surface area contributed by atoms with Crippen LogP contribution < -0.4 is 0 Å². The molecule has 4 nitrogen and oxygen atoms in total. The summed E-state index contributed by atoms with van der Waals surface area (Å²) in [5.74, 6) is 0. The fraction of sp³-hybridized carbons (Fsp3) is 0.117. The number of nitrogens with zero attached hydrogens (tertiary/aromatic N) is 4. The van der Waals surface area contributed by atoms with Gasteiger partial charge in [-0.1, -0.05) is 102 Å². The Labute approximate surface area is 537 Å². The van der Waals surface area contributed by atoms with Gasteiger partial charge >= 0.3 is 30.9 Å². The SMILES string of the molecule is [C-]#[N+]c1ccc(-n2c3ccc(-c4ccc(C(F)(F)F)cc4[N+]#[C-])cc3c3cc(-c4ccc(C)cc4C(F)(F)F)ccc32)c(-c2ccc(-c3ccc(C(F)(F)F)cc3C)cc2-n2c3ccc(-c4ccc(C(F)(F)F)cc4C)cc3c3cc(-c4ccc(C)cc4C(F)(F)F)ccc32)c1. The number of hydrogen-bond acceptors (Lipinski definition) is 0. The van der Waals surface area contributed by atoms with Crippen molar-refractivity contribution in [3.63, 3.8) is 0 Å². The third kappa shape index (κ3) is 11.3. The van der Waals surface area contributed by atoms with E-state index in [0.29, 0.717) is 99.5 Å². The van der Waals surface area contributed by atoms with E-state index in [1.807, 2.05) is 0 Å². The first-order valence-corrected chi connectivity index (χ1v) is 29.4. The molecule has 0 unspecified atom stereocenters. The summed E-state index contributed by atoms with van der Waals surface area (Å²) in [6.07, 6.45) is -23.8. The first-order valence-electron chi connectivity index (χ1n) is 29.4. The van der Waals surface area contributed by atoms with Crippen LogP contribution in [0.15, 0.2) is 200 Å². The Kier molecular flexibility index (Phi) is 15.2. The second-order valence-corrected chi connectivity index (χ2v) is 23.6. The minimum absolute atomic E-state index is 0.0997. The summed E-state index contributed by atoms with van der Waals surface area (Å²) in [6.45, 7) is 22.4. The van der Waals surface area contributed by atoms with Crippen LogP contribution in [-0.2, 0) is 30.9 Å². The van der Waals surface area contributed by atoms with Crippen LogP contribution in [0.4, 0.5) is 77.2 Å². The number of fused-ring (bicyclic) bond motifs is 6. The van der Waals surface area contributed by atoms with Crippen molar-refractivity contribution in [2.24, 2.45) is 0 Å². The smallest absolute Gasteiger partial charge is 0.309 e. The van der Waals surface area contributed by atoms with Crippen molar-refractivity contribution >= 4 is 55.0 Å². The molecule has 19 heteroatoms. The van der Waals surface area contributed by atoms with Crippen molar-refractivity contribution in [1.29, 1.82) is 0 Å². The van der Waals surface area contributed by atoms with Crippen LogP contribution in [0, 0.1) is 40.8 Å². The summed E-state index contributed by atoms with van der Waals surface area (Å²) >= 11 is 0. The number of aromatic nitrogens is 2. The summed E-state index contributed by atoms with van der Waals surface area (Å²) < 4.78 is 221. The number of hydrogen-bond donors (Lipinski definition) is 0. The van der Waals surface area contributed by atoms with E-state index in [-0.39, 0.29) is 55.9 Å². The van der Waals surface area contributed by atoms with Crippen LogP contribution in [-0.4, -0.2) is 9.13 Å². The molecule has 0 bridgehead atoms. The van der Waals surface area contributed by atoms with Crippen molar-refractivity contribution in [2.45, 2.75) is 58.6 Å². The fourth-order valence-electron chi connectivity index (χ4n) is 13.0. The zero-order chi connectivity index (χ0) is 68.5. The van der Waals surface area contributed by atoms with E-state index in [1.54, 1.807) is 100 Å². The molecule has 0 aliphatic rings. The summed E-state index contributed by atoms with van der Waals surface area (Å²) in [5, 5.41) is 1.49. The highest BCUT2D eigenvalue weighted by atomic mass is 19.4. The van der Waals surface area contributed by atoms with E-state index in [1.165, 1.54) is 82.3 Å². The molecule has 96 heavy (non-hydrogen) atoms. The molecule has 0 aliphatic heterocycles. The number of rotatable bonds is 8. The van der Waals surface area contributed by atoms with Gasteiger partial charge in [-0.25, -0.2) is 9.69 Å². The van der Waals surface area contributed by atoms with Crippen molar-refractivity contribution in [1.82, 2.24) is 9.13 Å². The highest BCUT2D eigenvalue weighted by molar-refractivity contribution is 6.14. The lowest BCUT2D eigenvalue weighted by molar-refractivity contribution is -0.138. The molecule has 2 aromatic heterocycles. The first-order chi connectivity index (χ1) is 45.3. The second-order valence-electron chi connectivity index (χ2n) is 23.6. The van der Waals surface area contributed by atoms with Crippen molar-refractivity contribution in [2.75, 3.05) is 0 Å². The molecule has 0 fully saturated rings. The van der Waals surface area contributed by atoms with Gasteiger partial charge in [0, 0.05) is 32.7 Å². The predicted molar refractivity (Wildman–Crippen MR) is 344 cm³/mol. The number of aryl methyl sites for hydroxylation is 4. The van der Waals surface area contributed by atoms with Crippen LogP contribution in [0.5, 0.6) is 0 Å². The largest absolute Gasteiger partial charge is 0.417 e. The quantitative estimate of drug-likeness (QED) is 0.107. The van der Waals surface area contributed by atoms with Gasteiger partial charge in [0.1, 0.15) is 0 Å². The molecule has 11 aromatic carbocycles. The Morgan fingerprint density at radius 1 is 0.281 bits per heavy atom. The summed E-state index contributed by atoms with van der Waals surface area (Å²) in [6, 6.07) is 46.2. The van der Waals surface area contributed by atoms with Crippen molar-refractivity contribution in [3.8, 4) is 78.1 Å². The summed E-state index contributed by atoms with van der Waals surface area (Å²) in [5.41, 5.74) is 0.932. The molecule has 0 saturated heterocycles. The zero-order valence-electron chi connectivity index (χ0n) is 50.5. The molecule has 0 radical (unpaired) electrons. The molecule has 0 atom stereocenters. The standard InChI is InChI=1S/C77H45F15N4/c1-40-7-18-55(64(29-40)76(87,88)89)45-11-25-67-60(34-45)62-36-47(57-23-16-51(75(84,85)86)38-66(57)94-6)13-27-68(62)95(67)71-28-17-52(93-5)39-63(71)58-20-9-48(54-22-15-50(32-43(54)4)74(81,82)83)37-72(58)96-69-24-10-44(53-21-14-49(31-42(53)3)73(78,79)80)33-59(69)61-35-46(12-26-70(61)96)56-19-8-41(2)30-65(56)77(90,91)92/h7-39H,1-4H3. The van der Waals surface area contributed by atoms with Crippen LogP contribution in [0.2, 0.25) is 0 Å². The van der Waals surface area contributed by atoms with E-state index >= 15 is 13.2 Å². The maximum atomic E-state index is 15.0. The van der Waals surface area contributed by atoms with Gasteiger partial charge in [0.2, 0.25) is 0 Å². The Bertz CT molecular complexity index is 5480. The molecule has 0 aliphatic carbocycles. The zero-order valence-corrected chi connectivity index (χ0v) is 50.5. The third-order valence-corrected chi connectivity index (χ3v) is 17.5. The molecule has 478 valence electrons. The maximum Gasteiger partial charge on any atom is 0.417 e. The average Bonchev–Trinajstić information content (AvgIpc) is 1.58. The second kappa shape index (κ2) is 22.9. The highest BCUT2D eigenvalue weighted by Crippen LogP contribution is 2.49. The Balaban J connectivity index is 1.13. The van der Waals surface area contributed by atoms with E-state index < -0.39 is 58.7 Å². The summed E-state index contributed by atoms with van der Waals surface area (Å²) in [4.78, 5) is 7.25. The van der Waals surface area contributed by atoms with Gasteiger partial charge in [-0.15, -0.1) is 0 Å². The lowest BCUT2D eigenvalue weighted by Crippen LogP contribution is -2.07.